The predicted octanol–water partition coefficient (Wildman–Crippen LogP) is 2.50. The van der Waals surface area contributed by atoms with Crippen molar-refractivity contribution in [3.8, 4) is 0 Å². The average molecular weight is 204 g/mol. The number of aromatic nitrogens is 1. The Morgan fingerprint density at radius 1 is 1.36 bits per heavy atom. The molecule has 14 heavy (non-hydrogen) atoms. The lowest BCUT2D eigenvalue weighted by atomic mass is 10.0. The first kappa shape index (κ1) is 9.37. The van der Waals surface area contributed by atoms with Crippen molar-refractivity contribution >= 4 is 11.3 Å². The van der Waals surface area contributed by atoms with Gasteiger partial charge in [0.1, 0.15) is 0 Å². The summed E-state index contributed by atoms with van der Waals surface area (Å²) >= 11 is 1.58. The molecule has 1 unspecified atom stereocenters. The Morgan fingerprint density at radius 3 is 2.79 bits per heavy atom. The predicted molar refractivity (Wildman–Crippen MR) is 59.3 cm³/mol. The summed E-state index contributed by atoms with van der Waals surface area (Å²) in [6, 6.07) is 8.06. The van der Waals surface area contributed by atoms with Gasteiger partial charge in [0.25, 0.3) is 0 Å². The zero-order valence-electron chi connectivity index (χ0n) is 7.97. The average Bonchev–Trinajstić information content (AvgIpc) is 2.70. The van der Waals surface area contributed by atoms with E-state index in [-0.39, 0.29) is 6.04 Å². The molecule has 0 aliphatic rings. The van der Waals surface area contributed by atoms with E-state index in [1.165, 1.54) is 5.56 Å². The minimum Gasteiger partial charge on any atom is -0.319 e. The minimum absolute atomic E-state index is 0.0950. The van der Waals surface area contributed by atoms with Crippen LogP contribution in [0.4, 0.5) is 0 Å². The van der Waals surface area contributed by atoms with E-state index in [1.807, 2.05) is 23.0 Å². The van der Waals surface area contributed by atoms with Crippen LogP contribution in [-0.2, 0) is 0 Å². The topological polar surface area (TPSA) is 38.9 Å². The largest absolute Gasteiger partial charge is 0.319 e. The van der Waals surface area contributed by atoms with Gasteiger partial charge in [-0.3, -0.25) is 0 Å². The third-order valence-electron chi connectivity index (χ3n) is 2.29. The summed E-state index contributed by atoms with van der Waals surface area (Å²) < 4.78 is 0. The van der Waals surface area contributed by atoms with Crippen molar-refractivity contribution in [1.82, 2.24) is 4.98 Å². The van der Waals surface area contributed by atoms with E-state index in [9.17, 15) is 0 Å². The highest BCUT2D eigenvalue weighted by molar-refractivity contribution is 7.07. The van der Waals surface area contributed by atoms with Gasteiger partial charge in [-0.2, -0.15) is 0 Å². The van der Waals surface area contributed by atoms with Crippen LogP contribution in [0.1, 0.15) is 22.9 Å². The third kappa shape index (κ3) is 1.69. The molecule has 0 fully saturated rings. The molecule has 2 nitrogen and oxygen atoms in total. The smallest absolute Gasteiger partial charge is 0.0795 e. The number of rotatable bonds is 2. The van der Waals surface area contributed by atoms with Crippen LogP contribution in [0.25, 0.3) is 0 Å². The minimum atomic E-state index is -0.0950. The van der Waals surface area contributed by atoms with Crippen LogP contribution in [-0.4, -0.2) is 4.98 Å². The lowest BCUT2D eigenvalue weighted by molar-refractivity contribution is 0.831. The van der Waals surface area contributed by atoms with E-state index in [0.29, 0.717) is 0 Å². The number of hydrogen-bond acceptors (Lipinski definition) is 3. The van der Waals surface area contributed by atoms with Crippen molar-refractivity contribution in [3.63, 3.8) is 0 Å². The van der Waals surface area contributed by atoms with E-state index in [4.69, 9.17) is 5.73 Å². The molecule has 0 bridgehead atoms. The van der Waals surface area contributed by atoms with Crippen LogP contribution in [0.5, 0.6) is 0 Å². The van der Waals surface area contributed by atoms with Gasteiger partial charge < -0.3 is 5.73 Å². The zero-order chi connectivity index (χ0) is 9.97. The second-order valence-electron chi connectivity index (χ2n) is 3.25. The highest BCUT2D eigenvalue weighted by Crippen LogP contribution is 2.21. The molecule has 0 amide bonds. The van der Waals surface area contributed by atoms with Crippen molar-refractivity contribution in [1.29, 1.82) is 0 Å². The standard InChI is InChI=1S/C11H12N2S/c1-8-4-2-3-5-9(8)11(12)10-6-14-7-13-10/h2-7,11H,12H2,1H3. The van der Waals surface area contributed by atoms with Gasteiger partial charge in [0.2, 0.25) is 0 Å². The molecule has 0 radical (unpaired) electrons. The normalized spacial score (nSPS) is 12.7. The molecule has 2 aromatic rings. The van der Waals surface area contributed by atoms with E-state index in [1.54, 1.807) is 11.3 Å². The number of aryl methyl sites for hydroxylation is 1. The number of hydrogen-bond donors (Lipinski definition) is 1. The molecule has 1 aromatic heterocycles. The van der Waals surface area contributed by atoms with Crippen LogP contribution >= 0.6 is 11.3 Å². The van der Waals surface area contributed by atoms with Crippen molar-refractivity contribution < 1.29 is 0 Å². The quantitative estimate of drug-likeness (QED) is 0.816. The Hall–Kier alpha value is -1.19. The maximum absolute atomic E-state index is 6.11. The van der Waals surface area contributed by atoms with Crippen LogP contribution < -0.4 is 5.73 Å². The molecule has 1 heterocycles. The molecule has 0 saturated carbocycles. The molecule has 3 heteroatoms. The van der Waals surface area contributed by atoms with E-state index in [2.05, 4.69) is 24.0 Å². The van der Waals surface area contributed by atoms with Crippen molar-refractivity contribution in [2.75, 3.05) is 0 Å². The van der Waals surface area contributed by atoms with Crippen molar-refractivity contribution in [2.24, 2.45) is 5.73 Å². The van der Waals surface area contributed by atoms with Gasteiger partial charge in [0, 0.05) is 5.38 Å². The maximum atomic E-state index is 6.11. The zero-order valence-corrected chi connectivity index (χ0v) is 8.79. The van der Waals surface area contributed by atoms with Crippen molar-refractivity contribution in [2.45, 2.75) is 13.0 Å². The number of thiazole rings is 1. The monoisotopic (exact) mass is 204 g/mol. The van der Waals surface area contributed by atoms with Crippen molar-refractivity contribution in [3.05, 3.63) is 52.0 Å². The summed E-state index contributed by atoms with van der Waals surface area (Å²) in [4.78, 5) is 4.23. The van der Waals surface area contributed by atoms with Gasteiger partial charge in [-0.15, -0.1) is 11.3 Å². The highest BCUT2D eigenvalue weighted by atomic mass is 32.1. The fourth-order valence-corrected chi connectivity index (χ4v) is 2.06. The lowest BCUT2D eigenvalue weighted by Gasteiger charge is -2.11. The van der Waals surface area contributed by atoms with Gasteiger partial charge in [-0.25, -0.2) is 4.98 Å². The molecule has 0 aliphatic carbocycles. The number of benzene rings is 1. The van der Waals surface area contributed by atoms with Crippen LogP contribution in [0, 0.1) is 6.92 Å². The summed E-state index contributed by atoms with van der Waals surface area (Å²) in [7, 11) is 0. The van der Waals surface area contributed by atoms with Gasteiger partial charge in [-0.1, -0.05) is 24.3 Å². The van der Waals surface area contributed by atoms with Crippen LogP contribution in [0.2, 0.25) is 0 Å². The molecule has 72 valence electrons. The van der Waals surface area contributed by atoms with E-state index < -0.39 is 0 Å². The lowest BCUT2D eigenvalue weighted by Crippen LogP contribution is -2.13. The van der Waals surface area contributed by atoms with Crippen LogP contribution in [0.3, 0.4) is 0 Å². The first-order valence-corrected chi connectivity index (χ1v) is 5.42. The Kier molecular flexibility index (Phi) is 2.61. The van der Waals surface area contributed by atoms with Gasteiger partial charge in [0.15, 0.2) is 0 Å². The molecule has 1 aromatic carbocycles. The van der Waals surface area contributed by atoms with E-state index in [0.717, 1.165) is 11.3 Å². The Morgan fingerprint density at radius 2 is 2.14 bits per heavy atom. The second-order valence-corrected chi connectivity index (χ2v) is 3.97. The summed E-state index contributed by atoms with van der Waals surface area (Å²) in [6.45, 7) is 2.07. The summed E-state index contributed by atoms with van der Waals surface area (Å²) in [6.07, 6.45) is 0. The number of nitrogens with two attached hydrogens (primary N) is 1. The molecule has 0 spiro atoms. The molecular formula is C11H12N2S. The van der Waals surface area contributed by atoms with Crippen LogP contribution in [0.15, 0.2) is 35.2 Å². The summed E-state index contributed by atoms with van der Waals surface area (Å²) in [5.74, 6) is 0. The highest BCUT2D eigenvalue weighted by Gasteiger charge is 2.11. The van der Waals surface area contributed by atoms with Gasteiger partial charge in [0.05, 0.1) is 17.2 Å². The molecule has 0 saturated heterocycles. The fourth-order valence-electron chi connectivity index (χ4n) is 1.47. The third-order valence-corrected chi connectivity index (χ3v) is 2.90. The van der Waals surface area contributed by atoms with Gasteiger partial charge in [-0.05, 0) is 18.1 Å². The SMILES string of the molecule is Cc1ccccc1C(N)c1cscn1. The summed E-state index contributed by atoms with van der Waals surface area (Å²) in [5, 5.41) is 2.00. The first-order chi connectivity index (χ1) is 6.79. The van der Waals surface area contributed by atoms with E-state index >= 15 is 0 Å². The summed E-state index contributed by atoms with van der Waals surface area (Å²) in [5.41, 5.74) is 11.2. The Balaban J connectivity index is 2.37. The molecular weight excluding hydrogens is 192 g/mol. The second kappa shape index (κ2) is 3.90. The number of nitrogens with zero attached hydrogens (tertiary/aromatic N) is 1. The first-order valence-electron chi connectivity index (χ1n) is 4.48. The fraction of sp³-hybridized carbons (Fsp3) is 0.182. The van der Waals surface area contributed by atoms with Gasteiger partial charge >= 0.3 is 0 Å². The Bertz CT molecular complexity index is 409. The molecule has 0 aliphatic heterocycles. The molecule has 1 atom stereocenters. The molecule has 2 rings (SSSR count). The maximum Gasteiger partial charge on any atom is 0.0795 e. The molecule has 2 N–H and O–H groups in total. The Labute approximate surface area is 87.4 Å².